The standard InChI is InChI=1S/C24H18ClF2N3O2/c1-29(2)18-10-8-17(9-11-18)28-22-21(14-3-5-15(25)6-4-14)23(31)30(24(22)32)20-12-7-16(26)13-19(20)27/h3-13,28H,1-2H3. The maximum atomic E-state index is 14.5. The third-order valence-corrected chi connectivity index (χ3v) is 5.27. The Morgan fingerprint density at radius 2 is 1.53 bits per heavy atom. The van der Waals surface area contributed by atoms with Gasteiger partial charge >= 0.3 is 0 Å². The second kappa shape index (κ2) is 8.43. The van der Waals surface area contributed by atoms with E-state index in [9.17, 15) is 18.4 Å². The number of carbonyl (C=O) groups excluding carboxylic acids is 2. The number of anilines is 3. The van der Waals surface area contributed by atoms with Crippen LogP contribution in [0.15, 0.2) is 72.4 Å². The Bertz CT molecular complexity index is 1240. The van der Waals surface area contributed by atoms with Crippen molar-refractivity contribution in [3.8, 4) is 0 Å². The van der Waals surface area contributed by atoms with Gasteiger partial charge in [-0.25, -0.2) is 13.7 Å². The number of rotatable bonds is 5. The van der Waals surface area contributed by atoms with Gasteiger partial charge in [-0.15, -0.1) is 0 Å². The number of nitrogens with zero attached hydrogens (tertiary/aromatic N) is 2. The van der Waals surface area contributed by atoms with E-state index in [1.54, 1.807) is 36.4 Å². The van der Waals surface area contributed by atoms with E-state index in [0.29, 0.717) is 27.2 Å². The van der Waals surface area contributed by atoms with E-state index in [1.807, 2.05) is 31.1 Å². The fourth-order valence-electron chi connectivity index (χ4n) is 3.40. The van der Waals surface area contributed by atoms with Crippen molar-refractivity contribution in [3.05, 3.63) is 94.6 Å². The predicted octanol–water partition coefficient (Wildman–Crippen LogP) is 5.08. The van der Waals surface area contributed by atoms with Crippen molar-refractivity contribution in [3.63, 3.8) is 0 Å². The quantitative estimate of drug-likeness (QED) is 0.547. The lowest BCUT2D eigenvalue weighted by Crippen LogP contribution is -2.33. The third-order valence-electron chi connectivity index (χ3n) is 5.02. The number of amides is 2. The van der Waals surface area contributed by atoms with Gasteiger partial charge in [-0.3, -0.25) is 9.59 Å². The molecule has 3 aromatic carbocycles. The molecule has 1 N–H and O–H groups in total. The molecule has 1 aliphatic heterocycles. The smallest absolute Gasteiger partial charge is 0.282 e. The summed E-state index contributed by atoms with van der Waals surface area (Å²) in [7, 11) is 3.80. The zero-order chi connectivity index (χ0) is 23.0. The van der Waals surface area contributed by atoms with E-state index in [0.717, 1.165) is 17.8 Å². The highest BCUT2D eigenvalue weighted by molar-refractivity contribution is 6.46. The van der Waals surface area contributed by atoms with Crippen molar-refractivity contribution >= 4 is 46.1 Å². The minimum atomic E-state index is -1.02. The van der Waals surface area contributed by atoms with Gasteiger partial charge in [0.2, 0.25) is 0 Å². The summed E-state index contributed by atoms with van der Waals surface area (Å²) in [6, 6.07) is 16.3. The number of halogens is 3. The monoisotopic (exact) mass is 453 g/mol. The number of hydrogen-bond acceptors (Lipinski definition) is 4. The average molecular weight is 454 g/mol. The maximum absolute atomic E-state index is 14.5. The molecule has 162 valence electrons. The highest BCUT2D eigenvalue weighted by Crippen LogP contribution is 2.35. The van der Waals surface area contributed by atoms with Gasteiger partial charge in [0.25, 0.3) is 11.8 Å². The SMILES string of the molecule is CN(C)c1ccc(NC2=C(c3ccc(Cl)cc3)C(=O)N(c3ccc(F)cc3F)C2=O)cc1. The molecule has 0 spiro atoms. The fourth-order valence-corrected chi connectivity index (χ4v) is 3.52. The lowest BCUT2D eigenvalue weighted by Gasteiger charge is -2.16. The molecule has 0 atom stereocenters. The van der Waals surface area contributed by atoms with Crippen LogP contribution in [0.1, 0.15) is 5.56 Å². The lowest BCUT2D eigenvalue weighted by atomic mass is 10.0. The number of hydrogen-bond donors (Lipinski definition) is 1. The molecule has 4 rings (SSSR count). The Labute approximate surface area is 188 Å². The topological polar surface area (TPSA) is 52.7 Å². The van der Waals surface area contributed by atoms with E-state index in [2.05, 4.69) is 5.32 Å². The molecule has 32 heavy (non-hydrogen) atoms. The summed E-state index contributed by atoms with van der Waals surface area (Å²) in [5, 5.41) is 3.46. The molecular weight excluding hydrogens is 436 g/mol. The van der Waals surface area contributed by atoms with Crippen molar-refractivity contribution in [2.75, 3.05) is 29.2 Å². The van der Waals surface area contributed by atoms with E-state index in [4.69, 9.17) is 11.6 Å². The highest BCUT2D eigenvalue weighted by Gasteiger charge is 2.41. The normalized spacial score (nSPS) is 13.7. The lowest BCUT2D eigenvalue weighted by molar-refractivity contribution is -0.120. The van der Waals surface area contributed by atoms with Gasteiger partial charge in [0.1, 0.15) is 17.3 Å². The third kappa shape index (κ3) is 3.94. The van der Waals surface area contributed by atoms with Crippen LogP contribution in [0.25, 0.3) is 5.57 Å². The van der Waals surface area contributed by atoms with Gasteiger partial charge in [0, 0.05) is 36.6 Å². The van der Waals surface area contributed by atoms with Crippen LogP contribution in [0.5, 0.6) is 0 Å². The van der Waals surface area contributed by atoms with Gasteiger partial charge in [-0.2, -0.15) is 0 Å². The van der Waals surface area contributed by atoms with Crippen LogP contribution in [0.3, 0.4) is 0 Å². The van der Waals surface area contributed by atoms with Crippen molar-refractivity contribution in [2.24, 2.45) is 0 Å². The first-order valence-electron chi connectivity index (χ1n) is 9.64. The van der Waals surface area contributed by atoms with Crippen LogP contribution in [-0.4, -0.2) is 25.9 Å². The highest BCUT2D eigenvalue weighted by atomic mass is 35.5. The number of nitrogens with one attached hydrogen (secondary N) is 1. The Morgan fingerprint density at radius 1 is 0.875 bits per heavy atom. The molecule has 0 aromatic heterocycles. The summed E-state index contributed by atoms with van der Waals surface area (Å²) in [4.78, 5) is 29.2. The van der Waals surface area contributed by atoms with Crippen molar-refractivity contribution in [1.82, 2.24) is 0 Å². The Balaban J connectivity index is 1.80. The zero-order valence-corrected chi connectivity index (χ0v) is 18.0. The fraction of sp³-hybridized carbons (Fsp3) is 0.0833. The molecular formula is C24H18ClF2N3O2. The molecule has 0 saturated heterocycles. The van der Waals surface area contributed by atoms with Crippen LogP contribution < -0.4 is 15.1 Å². The minimum Gasteiger partial charge on any atom is -0.378 e. The summed E-state index contributed by atoms with van der Waals surface area (Å²) < 4.78 is 27.9. The Morgan fingerprint density at radius 3 is 2.12 bits per heavy atom. The van der Waals surface area contributed by atoms with E-state index >= 15 is 0 Å². The van der Waals surface area contributed by atoms with E-state index in [1.165, 1.54) is 0 Å². The van der Waals surface area contributed by atoms with Crippen molar-refractivity contribution in [2.45, 2.75) is 0 Å². The van der Waals surface area contributed by atoms with Gasteiger partial charge in [-0.05, 0) is 54.1 Å². The van der Waals surface area contributed by atoms with E-state index in [-0.39, 0.29) is 17.0 Å². The van der Waals surface area contributed by atoms with Crippen molar-refractivity contribution in [1.29, 1.82) is 0 Å². The summed E-state index contributed by atoms with van der Waals surface area (Å²) in [6.45, 7) is 0. The van der Waals surface area contributed by atoms with Crippen LogP contribution in [0, 0.1) is 11.6 Å². The maximum Gasteiger partial charge on any atom is 0.282 e. The minimum absolute atomic E-state index is 0.0151. The average Bonchev–Trinajstić information content (AvgIpc) is 2.99. The summed E-state index contributed by atoms with van der Waals surface area (Å²) in [5.74, 6) is -3.30. The molecule has 8 heteroatoms. The van der Waals surface area contributed by atoms with Crippen LogP contribution in [-0.2, 0) is 9.59 Å². The van der Waals surface area contributed by atoms with Gasteiger partial charge < -0.3 is 10.2 Å². The molecule has 1 aliphatic rings. The molecule has 0 saturated carbocycles. The molecule has 5 nitrogen and oxygen atoms in total. The molecule has 0 bridgehead atoms. The molecule has 0 fully saturated rings. The zero-order valence-electron chi connectivity index (χ0n) is 17.2. The summed E-state index contributed by atoms with van der Waals surface area (Å²) in [5.41, 5.74) is 1.68. The largest absolute Gasteiger partial charge is 0.378 e. The van der Waals surface area contributed by atoms with Crippen LogP contribution in [0.4, 0.5) is 25.8 Å². The molecule has 0 unspecified atom stereocenters. The molecule has 2 amide bonds. The number of imide groups is 1. The van der Waals surface area contributed by atoms with Gasteiger partial charge in [0.15, 0.2) is 0 Å². The van der Waals surface area contributed by atoms with Gasteiger partial charge in [0.05, 0.1) is 11.3 Å². The molecule has 0 aliphatic carbocycles. The Hall–Kier alpha value is -3.71. The Kier molecular flexibility index (Phi) is 5.67. The molecule has 0 radical (unpaired) electrons. The summed E-state index contributed by atoms with van der Waals surface area (Å²) in [6.07, 6.45) is 0. The van der Waals surface area contributed by atoms with Gasteiger partial charge in [-0.1, -0.05) is 23.7 Å². The van der Waals surface area contributed by atoms with E-state index < -0.39 is 23.4 Å². The molecule has 1 heterocycles. The first-order chi connectivity index (χ1) is 15.3. The van der Waals surface area contributed by atoms with Crippen molar-refractivity contribution < 1.29 is 18.4 Å². The predicted molar refractivity (Wildman–Crippen MR) is 122 cm³/mol. The first-order valence-corrected chi connectivity index (χ1v) is 10.0. The summed E-state index contributed by atoms with van der Waals surface area (Å²) >= 11 is 5.97. The second-order valence-corrected chi connectivity index (χ2v) is 7.80. The first kappa shape index (κ1) is 21.5. The van der Waals surface area contributed by atoms with Crippen LogP contribution in [0.2, 0.25) is 5.02 Å². The second-order valence-electron chi connectivity index (χ2n) is 7.36. The molecule has 3 aromatic rings. The van der Waals surface area contributed by atoms with Crippen LogP contribution >= 0.6 is 11.6 Å². The number of carbonyl (C=O) groups is 2. The number of benzene rings is 3.